The quantitative estimate of drug-likeness (QED) is 0.277. The van der Waals surface area contributed by atoms with E-state index in [0.29, 0.717) is 12.2 Å². The number of anilines is 1. The van der Waals surface area contributed by atoms with Gasteiger partial charge in [-0.15, -0.1) is 13.2 Å². The minimum atomic E-state index is -4.92. The van der Waals surface area contributed by atoms with Crippen molar-refractivity contribution in [1.82, 2.24) is 4.98 Å². The first kappa shape index (κ1) is 25.4. The summed E-state index contributed by atoms with van der Waals surface area (Å²) in [6.45, 7) is 1.73. The highest BCUT2D eigenvalue weighted by Gasteiger charge is 2.34. The van der Waals surface area contributed by atoms with Crippen LogP contribution in [0.5, 0.6) is 11.5 Å². The van der Waals surface area contributed by atoms with Gasteiger partial charge in [0, 0.05) is 17.1 Å². The van der Waals surface area contributed by atoms with Crippen LogP contribution in [-0.2, 0) is 22.4 Å². The van der Waals surface area contributed by atoms with Crippen molar-refractivity contribution < 1.29 is 32.2 Å². The van der Waals surface area contributed by atoms with Crippen LogP contribution >= 0.6 is 0 Å². The van der Waals surface area contributed by atoms with Gasteiger partial charge in [0.05, 0.1) is 13.0 Å². The summed E-state index contributed by atoms with van der Waals surface area (Å²) in [5.41, 5.74) is 10.0. The molecule has 0 aliphatic heterocycles. The van der Waals surface area contributed by atoms with Crippen molar-refractivity contribution in [2.75, 3.05) is 12.3 Å². The van der Waals surface area contributed by atoms with Crippen LogP contribution in [0.15, 0.2) is 66.9 Å². The number of nitrogen functional groups attached to an aromatic ring is 1. The van der Waals surface area contributed by atoms with Crippen LogP contribution < -0.4 is 15.2 Å². The van der Waals surface area contributed by atoms with E-state index in [0.717, 1.165) is 45.5 Å². The molecule has 1 unspecified atom stereocenters. The average Bonchev–Trinajstić information content (AvgIpc) is 3.27. The number of carbonyl (C=O) groups excluding carboxylic acids is 1. The first-order chi connectivity index (χ1) is 18.2. The molecule has 0 fully saturated rings. The Hall–Kier alpha value is -4.27. The van der Waals surface area contributed by atoms with Gasteiger partial charge in [-0.1, -0.05) is 36.4 Å². The number of ether oxygens (including phenoxy) is 3. The number of esters is 1. The second-order valence-electron chi connectivity index (χ2n) is 8.92. The number of fused-ring (bicyclic) bond motifs is 2. The molecule has 0 radical (unpaired) electrons. The van der Waals surface area contributed by atoms with E-state index >= 15 is 0 Å². The number of rotatable bonds is 7. The van der Waals surface area contributed by atoms with Crippen molar-refractivity contribution >= 4 is 22.6 Å². The van der Waals surface area contributed by atoms with Gasteiger partial charge in [0.25, 0.3) is 0 Å². The number of hydrogen-bond donors (Lipinski definition) is 1. The van der Waals surface area contributed by atoms with Gasteiger partial charge >= 0.3 is 12.3 Å². The molecular weight excluding hydrogens is 497 g/mol. The van der Waals surface area contributed by atoms with Crippen molar-refractivity contribution in [2.45, 2.75) is 38.7 Å². The monoisotopic (exact) mass is 522 g/mol. The van der Waals surface area contributed by atoms with E-state index in [4.69, 9.17) is 15.2 Å². The summed E-state index contributed by atoms with van der Waals surface area (Å²) >= 11 is 0. The lowest BCUT2D eigenvalue weighted by molar-refractivity contribution is -0.275. The molecule has 9 heteroatoms. The second kappa shape index (κ2) is 10.2. The normalized spacial score (nSPS) is 14.8. The molecule has 1 atom stereocenters. The minimum Gasteiger partial charge on any atom is -0.485 e. The van der Waals surface area contributed by atoms with Gasteiger partial charge in [-0.25, -0.2) is 4.98 Å². The van der Waals surface area contributed by atoms with Gasteiger partial charge in [0.1, 0.15) is 23.4 Å². The SMILES string of the molecule is CCOC(=O)Cc1c(OC2CCc3ccc(-c4cccc5c(N)nccc45)cc32)cccc1OC(F)(F)F. The Balaban J connectivity index is 1.51. The number of aryl methyl sites for hydroxylation is 1. The number of hydrogen-bond acceptors (Lipinski definition) is 6. The highest BCUT2D eigenvalue weighted by atomic mass is 19.4. The van der Waals surface area contributed by atoms with E-state index < -0.39 is 30.6 Å². The second-order valence-corrected chi connectivity index (χ2v) is 8.92. The molecule has 2 N–H and O–H groups in total. The Labute approximate surface area is 217 Å². The zero-order chi connectivity index (χ0) is 26.9. The van der Waals surface area contributed by atoms with Crippen molar-refractivity contribution in [1.29, 1.82) is 0 Å². The zero-order valence-corrected chi connectivity index (χ0v) is 20.5. The lowest BCUT2D eigenvalue weighted by Crippen LogP contribution is -2.20. The largest absolute Gasteiger partial charge is 0.573 e. The van der Waals surface area contributed by atoms with Gasteiger partial charge in [0.2, 0.25) is 0 Å². The molecule has 0 saturated heterocycles. The Kier molecular flexibility index (Phi) is 6.84. The van der Waals surface area contributed by atoms with Crippen LogP contribution in [0.25, 0.3) is 21.9 Å². The molecule has 1 aliphatic carbocycles. The van der Waals surface area contributed by atoms with Gasteiger partial charge in [-0.2, -0.15) is 0 Å². The smallest absolute Gasteiger partial charge is 0.485 e. The molecule has 3 aromatic carbocycles. The summed E-state index contributed by atoms with van der Waals surface area (Å²) in [6.07, 6.45) is -2.71. The van der Waals surface area contributed by atoms with Crippen LogP contribution in [0.4, 0.5) is 19.0 Å². The molecule has 196 valence electrons. The molecule has 0 amide bonds. The summed E-state index contributed by atoms with van der Waals surface area (Å²) < 4.78 is 54.7. The van der Waals surface area contributed by atoms with Crippen LogP contribution in [0.3, 0.4) is 0 Å². The summed E-state index contributed by atoms with van der Waals surface area (Å²) in [5.74, 6) is -0.569. The number of carbonyl (C=O) groups is 1. The Morgan fingerprint density at radius 2 is 1.84 bits per heavy atom. The third-order valence-corrected chi connectivity index (χ3v) is 6.53. The molecule has 0 spiro atoms. The number of nitrogens with two attached hydrogens (primary N) is 1. The van der Waals surface area contributed by atoms with Crippen LogP contribution in [0.1, 0.15) is 36.1 Å². The van der Waals surface area contributed by atoms with Crippen LogP contribution in [-0.4, -0.2) is 23.9 Å². The number of halogens is 3. The third kappa shape index (κ3) is 5.22. The molecule has 1 heterocycles. The lowest BCUT2D eigenvalue weighted by atomic mass is 9.96. The molecule has 6 nitrogen and oxygen atoms in total. The summed E-state index contributed by atoms with van der Waals surface area (Å²) in [6, 6.07) is 18.0. The van der Waals surface area contributed by atoms with Gasteiger partial charge in [-0.05, 0) is 71.7 Å². The van der Waals surface area contributed by atoms with E-state index in [2.05, 4.69) is 9.72 Å². The van der Waals surface area contributed by atoms with Crippen molar-refractivity contribution in [3.63, 3.8) is 0 Å². The number of pyridine rings is 1. The summed E-state index contributed by atoms with van der Waals surface area (Å²) in [4.78, 5) is 16.4. The van der Waals surface area contributed by atoms with E-state index in [9.17, 15) is 18.0 Å². The molecule has 38 heavy (non-hydrogen) atoms. The third-order valence-electron chi connectivity index (χ3n) is 6.53. The highest BCUT2D eigenvalue weighted by Crippen LogP contribution is 2.41. The van der Waals surface area contributed by atoms with Gasteiger partial charge in [-0.3, -0.25) is 4.79 Å². The average molecular weight is 523 g/mol. The summed E-state index contributed by atoms with van der Waals surface area (Å²) in [7, 11) is 0. The molecule has 0 saturated carbocycles. The lowest BCUT2D eigenvalue weighted by Gasteiger charge is -2.21. The maximum Gasteiger partial charge on any atom is 0.573 e. The van der Waals surface area contributed by atoms with Gasteiger partial charge < -0.3 is 19.9 Å². The first-order valence-electron chi connectivity index (χ1n) is 12.2. The maximum absolute atomic E-state index is 13.1. The number of aromatic nitrogens is 1. The number of nitrogens with zero attached hydrogens (tertiary/aromatic N) is 1. The zero-order valence-electron chi connectivity index (χ0n) is 20.5. The van der Waals surface area contributed by atoms with E-state index in [1.165, 1.54) is 6.07 Å². The Morgan fingerprint density at radius 3 is 2.63 bits per heavy atom. The van der Waals surface area contributed by atoms with Crippen molar-refractivity contribution in [2.24, 2.45) is 0 Å². The predicted molar refractivity (Wildman–Crippen MR) is 137 cm³/mol. The first-order valence-corrected chi connectivity index (χ1v) is 12.2. The minimum absolute atomic E-state index is 0.00934. The molecule has 4 aromatic rings. The fourth-order valence-electron chi connectivity index (χ4n) is 4.90. The highest BCUT2D eigenvalue weighted by molar-refractivity contribution is 6.01. The molecule has 1 aromatic heterocycles. The standard InChI is InChI=1S/C29H25F3N2O4/c1-2-36-27(35)16-23-24(7-4-8-26(23)38-29(30,31)32)37-25-12-11-17-9-10-18(15-22(17)25)19-5-3-6-21-20(19)13-14-34-28(21)33/h3-10,13-15,25H,2,11-12,16H2,1H3,(H2,33,34). The predicted octanol–water partition coefficient (Wildman–Crippen LogP) is 6.55. The molecule has 5 rings (SSSR count). The van der Waals surface area contributed by atoms with Crippen LogP contribution in [0.2, 0.25) is 0 Å². The number of benzene rings is 3. The Morgan fingerprint density at radius 1 is 1.05 bits per heavy atom. The molecule has 1 aliphatic rings. The van der Waals surface area contributed by atoms with E-state index in [-0.39, 0.29) is 17.9 Å². The molecular formula is C29H25F3N2O4. The van der Waals surface area contributed by atoms with Crippen molar-refractivity contribution in [3.8, 4) is 22.6 Å². The maximum atomic E-state index is 13.1. The van der Waals surface area contributed by atoms with E-state index in [1.54, 1.807) is 19.2 Å². The van der Waals surface area contributed by atoms with Gasteiger partial charge in [0.15, 0.2) is 0 Å². The molecule has 0 bridgehead atoms. The fourth-order valence-corrected chi connectivity index (χ4v) is 4.90. The number of alkyl halides is 3. The fraction of sp³-hybridized carbons (Fsp3) is 0.241. The summed E-state index contributed by atoms with van der Waals surface area (Å²) in [5, 5.41) is 1.81. The Bertz CT molecular complexity index is 1500. The van der Waals surface area contributed by atoms with E-state index in [1.807, 2.05) is 42.5 Å². The topological polar surface area (TPSA) is 83.7 Å². The van der Waals surface area contributed by atoms with Crippen molar-refractivity contribution in [3.05, 3.63) is 83.6 Å². The van der Waals surface area contributed by atoms with Crippen LogP contribution in [0, 0.1) is 0 Å².